The molecule has 1 aliphatic carbocycles. The van der Waals surface area contributed by atoms with Crippen molar-refractivity contribution in [2.45, 2.75) is 45.2 Å². The molecule has 1 aromatic heterocycles. The third-order valence-corrected chi connectivity index (χ3v) is 3.99. The van der Waals surface area contributed by atoms with Crippen LogP contribution in [0.2, 0.25) is 0 Å². The highest BCUT2D eigenvalue weighted by Gasteiger charge is 2.22. The van der Waals surface area contributed by atoms with Crippen molar-refractivity contribution in [1.29, 1.82) is 0 Å². The number of rotatable bonds is 4. The van der Waals surface area contributed by atoms with Gasteiger partial charge in [0.1, 0.15) is 0 Å². The van der Waals surface area contributed by atoms with Crippen LogP contribution in [0.15, 0.2) is 10.2 Å². The summed E-state index contributed by atoms with van der Waals surface area (Å²) in [6.07, 6.45) is 5.24. The van der Waals surface area contributed by atoms with E-state index in [1.807, 2.05) is 5.38 Å². The van der Waals surface area contributed by atoms with E-state index in [1.54, 1.807) is 0 Å². The van der Waals surface area contributed by atoms with Crippen molar-refractivity contribution in [3.63, 3.8) is 0 Å². The molecular weight excluding hydrogens is 208 g/mol. The molecular formula is C11H18N2OS. The van der Waals surface area contributed by atoms with Crippen LogP contribution < -0.4 is 10.2 Å². The molecule has 1 fully saturated rings. The first-order valence-corrected chi connectivity index (χ1v) is 6.56. The van der Waals surface area contributed by atoms with Crippen molar-refractivity contribution in [2.75, 3.05) is 0 Å². The van der Waals surface area contributed by atoms with Crippen molar-refractivity contribution < 1.29 is 0 Å². The van der Waals surface area contributed by atoms with Crippen LogP contribution in [0.25, 0.3) is 0 Å². The Bertz CT molecular complexity index is 357. The van der Waals surface area contributed by atoms with Crippen LogP contribution in [0.5, 0.6) is 0 Å². The number of thiazole rings is 1. The predicted molar refractivity (Wildman–Crippen MR) is 63.2 cm³/mol. The Hall–Kier alpha value is -0.610. The van der Waals surface area contributed by atoms with Gasteiger partial charge in [-0.2, -0.15) is 0 Å². The first-order chi connectivity index (χ1) is 7.28. The van der Waals surface area contributed by atoms with Crippen molar-refractivity contribution in [3.05, 3.63) is 20.7 Å². The summed E-state index contributed by atoms with van der Waals surface area (Å²) in [6, 6.07) is 0.651. The molecule has 15 heavy (non-hydrogen) atoms. The lowest BCUT2D eigenvalue weighted by atomic mass is 10.1. The summed E-state index contributed by atoms with van der Waals surface area (Å²) >= 11 is 1.24. The van der Waals surface area contributed by atoms with E-state index < -0.39 is 0 Å². The zero-order valence-corrected chi connectivity index (χ0v) is 9.90. The Morgan fingerprint density at radius 2 is 2.47 bits per heavy atom. The quantitative estimate of drug-likeness (QED) is 0.826. The van der Waals surface area contributed by atoms with Gasteiger partial charge >= 0.3 is 4.87 Å². The minimum Gasteiger partial charge on any atom is -0.315 e. The van der Waals surface area contributed by atoms with Crippen molar-refractivity contribution in [2.24, 2.45) is 5.92 Å². The highest BCUT2D eigenvalue weighted by molar-refractivity contribution is 7.07. The zero-order valence-electron chi connectivity index (χ0n) is 9.08. The molecule has 3 nitrogen and oxygen atoms in total. The fraction of sp³-hybridized carbons (Fsp3) is 0.727. The number of H-pyrrole nitrogens is 1. The fourth-order valence-electron chi connectivity index (χ4n) is 2.29. The zero-order chi connectivity index (χ0) is 10.7. The summed E-state index contributed by atoms with van der Waals surface area (Å²) in [5.74, 6) is 0.907. The number of nitrogens with one attached hydrogen (secondary N) is 2. The normalized spacial score (nSPS) is 25.9. The molecule has 0 bridgehead atoms. The second-order valence-corrected chi connectivity index (χ2v) is 5.18. The molecule has 2 unspecified atom stereocenters. The number of hydrogen-bond acceptors (Lipinski definition) is 3. The largest absolute Gasteiger partial charge is 0.315 e. The van der Waals surface area contributed by atoms with Crippen LogP contribution in [-0.4, -0.2) is 11.0 Å². The molecule has 1 saturated carbocycles. The number of aromatic amines is 1. The van der Waals surface area contributed by atoms with Crippen molar-refractivity contribution in [1.82, 2.24) is 10.3 Å². The predicted octanol–water partition coefficient (Wildman–Crippen LogP) is 2.10. The lowest BCUT2D eigenvalue weighted by Gasteiger charge is -2.11. The minimum atomic E-state index is 0.0460. The van der Waals surface area contributed by atoms with Crippen LogP contribution in [0.4, 0.5) is 0 Å². The van der Waals surface area contributed by atoms with E-state index >= 15 is 0 Å². The molecule has 1 aromatic rings. The molecule has 0 aromatic carbocycles. The summed E-state index contributed by atoms with van der Waals surface area (Å²) in [7, 11) is 0. The smallest absolute Gasteiger partial charge is 0.304 e. The van der Waals surface area contributed by atoms with Gasteiger partial charge in [0.15, 0.2) is 0 Å². The summed E-state index contributed by atoms with van der Waals surface area (Å²) in [5.41, 5.74) is 1.02. The molecule has 0 spiro atoms. The van der Waals surface area contributed by atoms with E-state index in [4.69, 9.17) is 0 Å². The van der Waals surface area contributed by atoms with Crippen molar-refractivity contribution in [3.8, 4) is 0 Å². The second kappa shape index (κ2) is 4.94. The molecule has 1 heterocycles. The molecule has 2 rings (SSSR count). The average molecular weight is 226 g/mol. The standard InChI is InChI=1S/C11H18N2OS/c1-2-8-3-4-9(5-8)12-6-10-7-15-11(14)13-10/h7-9,12H,2-6H2,1H3,(H,13,14). The molecule has 0 saturated heterocycles. The van der Waals surface area contributed by atoms with E-state index in [1.165, 1.54) is 37.0 Å². The van der Waals surface area contributed by atoms with Gasteiger partial charge in [0.05, 0.1) is 0 Å². The van der Waals surface area contributed by atoms with Gasteiger partial charge in [-0.05, 0) is 25.2 Å². The molecule has 0 amide bonds. The van der Waals surface area contributed by atoms with Gasteiger partial charge in [-0.1, -0.05) is 24.7 Å². The first-order valence-electron chi connectivity index (χ1n) is 5.68. The second-order valence-electron chi connectivity index (χ2n) is 4.34. The third kappa shape index (κ3) is 2.92. The lowest BCUT2D eigenvalue weighted by molar-refractivity contribution is 0.475. The van der Waals surface area contributed by atoms with Crippen molar-refractivity contribution >= 4 is 11.3 Å². The molecule has 84 valence electrons. The highest BCUT2D eigenvalue weighted by atomic mass is 32.1. The molecule has 1 aliphatic rings. The highest BCUT2D eigenvalue weighted by Crippen LogP contribution is 2.27. The average Bonchev–Trinajstić information content (AvgIpc) is 2.83. The Balaban J connectivity index is 1.77. The molecule has 0 aliphatic heterocycles. The molecule has 2 atom stereocenters. The van der Waals surface area contributed by atoms with E-state index in [-0.39, 0.29) is 4.87 Å². The lowest BCUT2D eigenvalue weighted by Crippen LogP contribution is -2.26. The molecule has 0 radical (unpaired) electrons. The van der Waals surface area contributed by atoms with Gasteiger partial charge in [0, 0.05) is 23.7 Å². The maximum absolute atomic E-state index is 10.9. The SMILES string of the molecule is CCC1CCC(NCc2csc(=O)[nH]2)C1. The minimum absolute atomic E-state index is 0.0460. The van der Waals surface area contributed by atoms with E-state index in [0.29, 0.717) is 6.04 Å². The molecule has 4 heteroatoms. The van der Waals surface area contributed by atoms with Crippen LogP contribution in [0.1, 0.15) is 38.3 Å². The number of aromatic nitrogens is 1. The van der Waals surface area contributed by atoms with Gasteiger partial charge in [-0.3, -0.25) is 4.79 Å². The van der Waals surface area contributed by atoms with Gasteiger partial charge in [0.25, 0.3) is 0 Å². The Kier molecular flexibility index (Phi) is 3.59. The Morgan fingerprint density at radius 1 is 1.60 bits per heavy atom. The first kappa shape index (κ1) is 10.9. The van der Waals surface area contributed by atoms with Gasteiger partial charge in [-0.25, -0.2) is 0 Å². The molecule has 2 N–H and O–H groups in total. The summed E-state index contributed by atoms with van der Waals surface area (Å²) in [6.45, 7) is 3.07. The topological polar surface area (TPSA) is 44.9 Å². The van der Waals surface area contributed by atoms with Gasteiger partial charge in [-0.15, -0.1) is 0 Å². The van der Waals surface area contributed by atoms with Crippen LogP contribution in [-0.2, 0) is 6.54 Å². The summed E-state index contributed by atoms with van der Waals surface area (Å²) < 4.78 is 0. The van der Waals surface area contributed by atoms with Gasteiger partial charge < -0.3 is 10.3 Å². The van der Waals surface area contributed by atoms with E-state index in [0.717, 1.165) is 18.2 Å². The Morgan fingerprint density at radius 3 is 3.07 bits per heavy atom. The third-order valence-electron chi connectivity index (χ3n) is 3.27. The van der Waals surface area contributed by atoms with E-state index in [9.17, 15) is 4.79 Å². The van der Waals surface area contributed by atoms with Crippen LogP contribution >= 0.6 is 11.3 Å². The number of hydrogen-bond donors (Lipinski definition) is 2. The maximum atomic E-state index is 10.9. The summed E-state index contributed by atoms with van der Waals surface area (Å²) in [4.78, 5) is 13.8. The van der Waals surface area contributed by atoms with Crippen LogP contribution in [0.3, 0.4) is 0 Å². The Labute approximate surface area is 93.9 Å². The summed E-state index contributed by atoms with van der Waals surface area (Å²) in [5, 5.41) is 5.42. The fourth-order valence-corrected chi connectivity index (χ4v) is 2.87. The van der Waals surface area contributed by atoms with Gasteiger partial charge in [0.2, 0.25) is 0 Å². The monoisotopic (exact) mass is 226 g/mol. The maximum Gasteiger partial charge on any atom is 0.304 e. The van der Waals surface area contributed by atoms with E-state index in [2.05, 4.69) is 17.2 Å². The van der Waals surface area contributed by atoms with Crippen LogP contribution in [0, 0.1) is 5.92 Å².